The van der Waals surface area contributed by atoms with Gasteiger partial charge in [0.2, 0.25) is 0 Å². The summed E-state index contributed by atoms with van der Waals surface area (Å²) in [6, 6.07) is 19.2. The molecule has 4 heteroatoms. The second kappa shape index (κ2) is 6.15. The lowest BCUT2D eigenvalue weighted by Crippen LogP contribution is -2.41. The molecule has 0 atom stereocenters. The van der Waals surface area contributed by atoms with Crippen molar-refractivity contribution in [2.24, 2.45) is 0 Å². The summed E-state index contributed by atoms with van der Waals surface area (Å²) in [6.07, 6.45) is 0.380. The molecule has 0 bridgehead atoms. The van der Waals surface area contributed by atoms with Crippen molar-refractivity contribution in [1.82, 2.24) is 4.90 Å². The maximum absolute atomic E-state index is 12.8. The van der Waals surface area contributed by atoms with Gasteiger partial charge in [-0.25, -0.2) is 0 Å². The fourth-order valence-corrected chi connectivity index (χ4v) is 3.45. The Hall–Kier alpha value is -2.98. The standard InChI is InChI=1S/C21H17NO3/c23-13-5-12-22-20(24)17-9-4-8-16-15(14-6-2-1-3-7-14)10-11-18(19(16)17)21(22)25/h1-4,6-11,23H,5,12-13H2. The van der Waals surface area contributed by atoms with Crippen LogP contribution in [0.4, 0.5) is 0 Å². The Morgan fingerprint density at radius 2 is 1.44 bits per heavy atom. The lowest BCUT2D eigenvalue weighted by atomic mass is 9.89. The van der Waals surface area contributed by atoms with E-state index in [1.54, 1.807) is 12.1 Å². The zero-order valence-corrected chi connectivity index (χ0v) is 13.6. The summed E-state index contributed by atoms with van der Waals surface area (Å²) >= 11 is 0. The molecule has 4 nitrogen and oxygen atoms in total. The van der Waals surface area contributed by atoms with Crippen molar-refractivity contribution in [3.05, 3.63) is 71.8 Å². The van der Waals surface area contributed by atoms with E-state index in [-0.39, 0.29) is 25.0 Å². The van der Waals surface area contributed by atoms with Gasteiger partial charge in [0.05, 0.1) is 0 Å². The molecule has 1 aliphatic rings. The number of carbonyl (C=O) groups excluding carboxylic acids is 2. The van der Waals surface area contributed by atoms with Crippen molar-refractivity contribution in [3.8, 4) is 11.1 Å². The Labute approximate surface area is 145 Å². The van der Waals surface area contributed by atoms with Crippen molar-refractivity contribution >= 4 is 22.6 Å². The number of nitrogens with zero attached hydrogens (tertiary/aromatic N) is 1. The molecule has 4 rings (SSSR count). The van der Waals surface area contributed by atoms with E-state index in [2.05, 4.69) is 0 Å². The van der Waals surface area contributed by atoms with Crippen molar-refractivity contribution < 1.29 is 14.7 Å². The van der Waals surface area contributed by atoms with Crippen LogP contribution in [-0.4, -0.2) is 35.0 Å². The van der Waals surface area contributed by atoms with E-state index in [0.717, 1.165) is 21.9 Å². The first-order chi connectivity index (χ1) is 12.2. The maximum atomic E-state index is 12.8. The van der Waals surface area contributed by atoms with Gasteiger partial charge in [0.25, 0.3) is 11.8 Å². The van der Waals surface area contributed by atoms with Crippen molar-refractivity contribution in [2.45, 2.75) is 6.42 Å². The Bertz CT molecular complexity index is 957. The number of benzene rings is 3. The van der Waals surface area contributed by atoms with Crippen LogP contribution in [0.3, 0.4) is 0 Å². The van der Waals surface area contributed by atoms with E-state index in [0.29, 0.717) is 17.5 Å². The Kier molecular flexibility index (Phi) is 3.82. The highest BCUT2D eigenvalue weighted by atomic mass is 16.3. The second-order valence-corrected chi connectivity index (χ2v) is 6.09. The van der Waals surface area contributed by atoms with Gasteiger partial charge in [-0.05, 0) is 35.1 Å². The van der Waals surface area contributed by atoms with E-state index in [9.17, 15) is 9.59 Å². The third kappa shape index (κ3) is 2.42. The highest BCUT2D eigenvalue weighted by Crippen LogP contribution is 2.36. The van der Waals surface area contributed by atoms with Crippen LogP contribution < -0.4 is 0 Å². The first-order valence-electron chi connectivity index (χ1n) is 8.30. The van der Waals surface area contributed by atoms with Crippen LogP contribution in [0.25, 0.3) is 21.9 Å². The summed E-state index contributed by atoms with van der Waals surface area (Å²) in [5.74, 6) is -0.580. The lowest BCUT2D eigenvalue weighted by Gasteiger charge is -2.27. The van der Waals surface area contributed by atoms with Gasteiger partial charge in [0.15, 0.2) is 0 Å². The van der Waals surface area contributed by atoms with Gasteiger partial charge in [-0.3, -0.25) is 14.5 Å². The van der Waals surface area contributed by atoms with E-state index in [1.807, 2.05) is 48.5 Å². The van der Waals surface area contributed by atoms with Crippen molar-refractivity contribution in [1.29, 1.82) is 0 Å². The number of rotatable bonds is 4. The van der Waals surface area contributed by atoms with Crippen molar-refractivity contribution in [2.75, 3.05) is 13.2 Å². The van der Waals surface area contributed by atoms with Crippen LogP contribution in [0.2, 0.25) is 0 Å². The molecule has 0 saturated heterocycles. The van der Waals surface area contributed by atoms with Crippen LogP contribution in [0.15, 0.2) is 60.7 Å². The molecule has 0 aromatic heterocycles. The first-order valence-corrected chi connectivity index (χ1v) is 8.30. The average Bonchev–Trinajstić information content (AvgIpc) is 2.66. The molecule has 3 aromatic carbocycles. The van der Waals surface area contributed by atoms with Crippen molar-refractivity contribution in [3.63, 3.8) is 0 Å². The van der Waals surface area contributed by atoms with Gasteiger partial charge >= 0.3 is 0 Å². The zero-order chi connectivity index (χ0) is 17.4. The number of carbonyl (C=O) groups is 2. The van der Waals surface area contributed by atoms with Gasteiger partial charge in [-0.15, -0.1) is 0 Å². The van der Waals surface area contributed by atoms with Gasteiger partial charge < -0.3 is 5.11 Å². The summed E-state index contributed by atoms with van der Waals surface area (Å²) in [5.41, 5.74) is 3.14. The van der Waals surface area contributed by atoms with E-state index >= 15 is 0 Å². The van der Waals surface area contributed by atoms with E-state index < -0.39 is 0 Å². The molecule has 124 valence electrons. The molecule has 2 amide bonds. The van der Waals surface area contributed by atoms with Gasteiger partial charge in [-0.1, -0.05) is 48.5 Å². The smallest absolute Gasteiger partial charge is 0.261 e. The molecule has 0 radical (unpaired) electrons. The van der Waals surface area contributed by atoms with Crippen LogP contribution in [0, 0.1) is 0 Å². The van der Waals surface area contributed by atoms with Crippen LogP contribution in [0.5, 0.6) is 0 Å². The topological polar surface area (TPSA) is 57.6 Å². The Morgan fingerprint density at radius 3 is 2.16 bits per heavy atom. The van der Waals surface area contributed by atoms with Gasteiger partial charge in [-0.2, -0.15) is 0 Å². The number of amides is 2. The SMILES string of the molecule is O=C1c2cccc3c(-c4ccccc4)ccc(c23)C(=O)N1CCCO. The van der Waals surface area contributed by atoms with E-state index in [4.69, 9.17) is 5.11 Å². The number of aliphatic hydroxyl groups is 1. The number of hydrogen-bond acceptors (Lipinski definition) is 3. The molecule has 0 unspecified atom stereocenters. The fourth-order valence-electron chi connectivity index (χ4n) is 3.45. The zero-order valence-electron chi connectivity index (χ0n) is 13.6. The number of hydrogen-bond donors (Lipinski definition) is 1. The molecule has 25 heavy (non-hydrogen) atoms. The lowest BCUT2D eigenvalue weighted by molar-refractivity contribution is 0.0601. The second-order valence-electron chi connectivity index (χ2n) is 6.09. The van der Waals surface area contributed by atoms with Crippen LogP contribution in [0.1, 0.15) is 27.1 Å². The third-order valence-corrected chi connectivity index (χ3v) is 4.62. The molecule has 1 heterocycles. The molecular formula is C21H17NO3. The Morgan fingerprint density at radius 1 is 0.760 bits per heavy atom. The summed E-state index contributed by atoms with van der Waals surface area (Å²) in [7, 11) is 0. The average molecular weight is 331 g/mol. The third-order valence-electron chi connectivity index (χ3n) is 4.62. The highest BCUT2D eigenvalue weighted by molar-refractivity contribution is 6.26. The molecule has 0 spiro atoms. The normalized spacial score (nSPS) is 13.6. The molecule has 1 aliphatic heterocycles. The highest BCUT2D eigenvalue weighted by Gasteiger charge is 2.32. The largest absolute Gasteiger partial charge is 0.396 e. The summed E-state index contributed by atoms with van der Waals surface area (Å²) in [4.78, 5) is 26.8. The minimum atomic E-state index is -0.290. The number of aliphatic hydroxyl groups excluding tert-OH is 1. The predicted octanol–water partition coefficient (Wildman–Crippen LogP) is 3.49. The summed E-state index contributed by atoms with van der Waals surface area (Å²) in [6.45, 7) is 0.172. The quantitative estimate of drug-likeness (QED) is 0.745. The first kappa shape index (κ1) is 15.5. The fraction of sp³-hybridized carbons (Fsp3) is 0.143. The number of imide groups is 1. The van der Waals surface area contributed by atoms with Crippen LogP contribution >= 0.6 is 0 Å². The molecular weight excluding hydrogens is 314 g/mol. The molecule has 3 aromatic rings. The Balaban J connectivity index is 1.94. The maximum Gasteiger partial charge on any atom is 0.261 e. The minimum Gasteiger partial charge on any atom is -0.396 e. The summed E-state index contributed by atoms with van der Waals surface area (Å²) in [5, 5.41) is 10.7. The van der Waals surface area contributed by atoms with Gasteiger partial charge in [0.1, 0.15) is 0 Å². The molecule has 1 N–H and O–H groups in total. The monoisotopic (exact) mass is 331 g/mol. The molecule has 0 fully saturated rings. The predicted molar refractivity (Wildman–Crippen MR) is 96.5 cm³/mol. The minimum absolute atomic E-state index is 0.0545. The van der Waals surface area contributed by atoms with E-state index in [1.165, 1.54) is 4.90 Å². The van der Waals surface area contributed by atoms with Gasteiger partial charge in [0, 0.05) is 29.7 Å². The molecule has 0 saturated carbocycles. The molecule has 0 aliphatic carbocycles. The van der Waals surface area contributed by atoms with Crippen LogP contribution in [-0.2, 0) is 0 Å². The summed E-state index contributed by atoms with van der Waals surface area (Å²) < 4.78 is 0.